The monoisotopic (exact) mass is 545 g/mol. The summed E-state index contributed by atoms with van der Waals surface area (Å²) in [5, 5.41) is 1.09. The van der Waals surface area contributed by atoms with Crippen LogP contribution in [-0.2, 0) is 21.8 Å². The lowest BCUT2D eigenvalue weighted by Gasteiger charge is -2.43. The number of anilines is 1. The average Bonchev–Trinajstić information content (AvgIpc) is 3.25. The van der Waals surface area contributed by atoms with Gasteiger partial charge >= 0.3 is 0 Å². The molecule has 0 radical (unpaired) electrons. The van der Waals surface area contributed by atoms with Crippen LogP contribution in [0, 0.1) is 6.92 Å². The SMILES string of the molecule is Cc1nc(-c2ccc(N3CCN(C4COC4)CC3)cc2)cc2c1cc(-c1ccc(S(=O)(=O)N(C)C)cc1)n2C. The van der Waals surface area contributed by atoms with Crippen molar-refractivity contribution in [1.29, 1.82) is 0 Å². The molecular formula is C30H35N5O3S. The predicted octanol–water partition coefficient (Wildman–Crippen LogP) is 3.99. The van der Waals surface area contributed by atoms with E-state index in [9.17, 15) is 8.42 Å². The number of sulfonamides is 1. The first-order valence-electron chi connectivity index (χ1n) is 13.4. The molecule has 2 saturated heterocycles. The van der Waals surface area contributed by atoms with Crippen LogP contribution in [0.3, 0.4) is 0 Å². The number of benzene rings is 2. The molecule has 0 aliphatic carbocycles. The number of pyridine rings is 1. The maximum Gasteiger partial charge on any atom is 0.242 e. The quantitative estimate of drug-likeness (QED) is 0.365. The van der Waals surface area contributed by atoms with Gasteiger partial charge in [-0.3, -0.25) is 9.88 Å². The van der Waals surface area contributed by atoms with Crippen molar-refractivity contribution in [3.05, 3.63) is 66.4 Å². The van der Waals surface area contributed by atoms with E-state index < -0.39 is 10.0 Å². The molecule has 0 spiro atoms. The third-order valence-corrected chi connectivity index (χ3v) is 9.97. The fourth-order valence-corrected chi connectivity index (χ4v) is 6.44. The molecule has 4 aromatic rings. The van der Waals surface area contributed by atoms with E-state index in [1.807, 2.05) is 26.1 Å². The van der Waals surface area contributed by atoms with Gasteiger partial charge in [0.05, 0.1) is 35.4 Å². The Morgan fingerprint density at radius 1 is 0.897 bits per heavy atom. The van der Waals surface area contributed by atoms with Crippen LogP contribution >= 0.6 is 0 Å². The molecule has 204 valence electrons. The highest BCUT2D eigenvalue weighted by Gasteiger charge is 2.29. The van der Waals surface area contributed by atoms with E-state index in [1.165, 1.54) is 9.99 Å². The lowest BCUT2D eigenvalue weighted by atomic mass is 10.1. The van der Waals surface area contributed by atoms with Gasteiger partial charge in [-0.1, -0.05) is 24.3 Å². The molecule has 2 aromatic carbocycles. The van der Waals surface area contributed by atoms with Crippen molar-refractivity contribution in [3.8, 4) is 22.5 Å². The first-order chi connectivity index (χ1) is 18.7. The van der Waals surface area contributed by atoms with Crippen molar-refractivity contribution in [2.45, 2.75) is 17.9 Å². The Hall–Kier alpha value is -3.24. The normalized spacial score (nSPS) is 17.2. The Kier molecular flexibility index (Phi) is 6.71. The standard InChI is InChI=1S/C30H35N5O3S/c1-21-27-17-29(23-7-11-26(12-8-23)39(36,37)32(2)3)33(4)30(27)18-28(31-21)22-5-9-24(10-6-22)34-13-15-35(16-14-34)25-19-38-20-25/h5-12,17-18,25H,13-16,19-20H2,1-4H3. The van der Waals surface area contributed by atoms with Crippen LogP contribution in [0.5, 0.6) is 0 Å². The molecule has 0 N–H and O–H groups in total. The fraction of sp³-hybridized carbons (Fsp3) is 0.367. The first kappa shape index (κ1) is 26.0. The molecule has 0 unspecified atom stereocenters. The number of aromatic nitrogens is 2. The Bertz CT molecular complexity index is 1600. The topological polar surface area (TPSA) is 70.9 Å². The predicted molar refractivity (Wildman–Crippen MR) is 156 cm³/mol. The molecule has 9 heteroatoms. The molecule has 0 amide bonds. The molecule has 0 saturated carbocycles. The van der Waals surface area contributed by atoms with Crippen molar-refractivity contribution < 1.29 is 13.2 Å². The van der Waals surface area contributed by atoms with Crippen molar-refractivity contribution in [2.24, 2.45) is 7.05 Å². The number of hydrogen-bond acceptors (Lipinski definition) is 6. The number of piperazine rings is 1. The van der Waals surface area contributed by atoms with E-state index in [0.29, 0.717) is 6.04 Å². The summed E-state index contributed by atoms with van der Waals surface area (Å²) in [6.07, 6.45) is 0. The second-order valence-corrected chi connectivity index (χ2v) is 12.8. The third kappa shape index (κ3) is 4.74. The summed E-state index contributed by atoms with van der Waals surface area (Å²) in [5.41, 5.74) is 7.33. The van der Waals surface area contributed by atoms with Gasteiger partial charge < -0.3 is 14.2 Å². The van der Waals surface area contributed by atoms with Gasteiger partial charge in [-0.15, -0.1) is 0 Å². The summed E-state index contributed by atoms with van der Waals surface area (Å²) in [6.45, 7) is 8.03. The van der Waals surface area contributed by atoms with Gasteiger partial charge in [-0.05, 0) is 48.9 Å². The highest BCUT2D eigenvalue weighted by molar-refractivity contribution is 7.89. The van der Waals surface area contributed by atoms with Crippen LogP contribution in [0.25, 0.3) is 33.4 Å². The third-order valence-electron chi connectivity index (χ3n) is 8.14. The maximum atomic E-state index is 12.5. The molecule has 0 atom stereocenters. The van der Waals surface area contributed by atoms with Crippen LogP contribution in [0.2, 0.25) is 0 Å². The highest BCUT2D eigenvalue weighted by Crippen LogP contribution is 2.33. The van der Waals surface area contributed by atoms with Gasteiger partial charge in [0.1, 0.15) is 0 Å². The van der Waals surface area contributed by atoms with E-state index >= 15 is 0 Å². The molecular weight excluding hydrogens is 510 g/mol. The molecule has 6 rings (SSSR count). The minimum Gasteiger partial charge on any atom is -0.378 e. The Balaban J connectivity index is 1.24. The van der Waals surface area contributed by atoms with Gasteiger partial charge in [0.2, 0.25) is 10.0 Å². The van der Waals surface area contributed by atoms with Gasteiger partial charge in [0.25, 0.3) is 0 Å². The second kappa shape index (κ2) is 10.1. The summed E-state index contributed by atoms with van der Waals surface area (Å²) >= 11 is 0. The minimum absolute atomic E-state index is 0.286. The lowest BCUT2D eigenvalue weighted by Crippen LogP contribution is -2.56. The fourth-order valence-electron chi connectivity index (χ4n) is 5.54. The number of fused-ring (bicyclic) bond motifs is 1. The Labute approximate surface area is 230 Å². The van der Waals surface area contributed by atoms with E-state index in [4.69, 9.17) is 9.72 Å². The zero-order chi connectivity index (χ0) is 27.3. The van der Waals surface area contributed by atoms with Crippen LogP contribution in [0.1, 0.15) is 5.69 Å². The largest absolute Gasteiger partial charge is 0.378 e. The lowest BCUT2D eigenvalue weighted by molar-refractivity contribution is -0.0660. The van der Waals surface area contributed by atoms with Crippen molar-refractivity contribution in [1.82, 2.24) is 18.8 Å². The molecule has 8 nitrogen and oxygen atoms in total. The average molecular weight is 546 g/mol. The van der Waals surface area contributed by atoms with E-state index in [0.717, 1.165) is 78.5 Å². The van der Waals surface area contributed by atoms with Crippen LogP contribution in [0.15, 0.2) is 65.6 Å². The van der Waals surface area contributed by atoms with Gasteiger partial charge in [0.15, 0.2) is 0 Å². The molecule has 4 heterocycles. The molecule has 2 aromatic heterocycles. The number of hydrogen-bond donors (Lipinski definition) is 0. The number of rotatable bonds is 6. The van der Waals surface area contributed by atoms with Gasteiger partial charge in [-0.25, -0.2) is 12.7 Å². The molecule has 0 bridgehead atoms. The van der Waals surface area contributed by atoms with Crippen LogP contribution < -0.4 is 4.90 Å². The second-order valence-electron chi connectivity index (χ2n) is 10.7. The van der Waals surface area contributed by atoms with Gasteiger partial charge in [-0.2, -0.15) is 0 Å². The smallest absolute Gasteiger partial charge is 0.242 e. The van der Waals surface area contributed by atoms with Crippen LogP contribution in [0.4, 0.5) is 5.69 Å². The summed E-state index contributed by atoms with van der Waals surface area (Å²) < 4.78 is 33.7. The summed E-state index contributed by atoms with van der Waals surface area (Å²) in [6, 6.07) is 20.7. The zero-order valence-corrected chi connectivity index (χ0v) is 23.8. The highest BCUT2D eigenvalue weighted by atomic mass is 32.2. The summed E-state index contributed by atoms with van der Waals surface area (Å²) in [7, 11) is 1.67. The van der Waals surface area contributed by atoms with Gasteiger partial charge in [0, 0.05) is 75.3 Å². The molecule has 2 aliphatic rings. The van der Waals surface area contributed by atoms with Crippen molar-refractivity contribution in [2.75, 3.05) is 58.4 Å². The minimum atomic E-state index is -3.46. The number of ether oxygens (including phenoxy) is 1. The number of nitrogens with zero attached hydrogens (tertiary/aromatic N) is 5. The van der Waals surface area contributed by atoms with Crippen LogP contribution in [-0.4, -0.2) is 86.7 Å². The molecule has 2 aliphatic heterocycles. The van der Waals surface area contributed by atoms with E-state index in [1.54, 1.807) is 26.2 Å². The molecule has 2 fully saturated rings. The van der Waals surface area contributed by atoms with E-state index in [2.05, 4.69) is 50.8 Å². The Morgan fingerprint density at radius 2 is 1.54 bits per heavy atom. The molecule has 39 heavy (non-hydrogen) atoms. The number of aryl methyl sites for hydroxylation is 2. The van der Waals surface area contributed by atoms with Crippen molar-refractivity contribution >= 4 is 26.6 Å². The zero-order valence-electron chi connectivity index (χ0n) is 23.0. The summed E-state index contributed by atoms with van der Waals surface area (Å²) in [4.78, 5) is 10.2. The van der Waals surface area contributed by atoms with E-state index in [-0.39, 0.29) is 4.90 Å². The maximum absolute atomic E-state index is 12.5. The summed E-state index contributed by atoms with van der Waals surface area (Å²) in [5.74, 6) is 0. The Morgan fingerprint density at radius 3 is 2.13 bits per heavy atom. The first-order valence-corrected chi connectivity index (χ1v) is 14.8. The van der Waals surface area contributed by atoms with Crippen molar-refractivity contribution in [3.63, 3.8) is 0 Å².